The molecular formula is C14H20BrNO2. The summed E-state index contributed by atoms with van der Waals surface area (Å²) >= 11 is 3.53. The van der Waals surface area contributed by atoms with Gasteiger partial charge in [0.1, 0.15) is 5.75 Å². The van der Waals surface area contributed by atoms with E-state index in [1.165, 1.54) is 18.4 Å². The Balaban J connectivity index is 1.80. The molecular weight excluding hydrogens is 294 g/mol. The fraction of sp³-hybridized carbons (Fsp3) is 0.571. The van der Waals surface area contributed by atoms with Gasteiger partial charge in [0, 0.05) is 19.7 Å². The Morgan fingerprint density at radius 2 is 2.39 bits per heavy atom. The first-order chi connectivity index (χ1) is 8.79. The molecule has 2 rings (SSSR count). The molecule has 0 amide bonds. The van der Waals surface area contributed by atoms with Crippen molar-refractivity contribution in [1.29, 1.82) is 0 Å². The molecule has 0 unspecified atom stereocenters. The van der Waals surface area contributed by atoms with Crippen LogP contribution >= 0.6 is 15.9 Å². The maximum Gasteiger partial charge on any atom is 0.133 e. The van der Waals surface area contributed by atoms with Gasteiger partial charge in [0.15, 0.2) is 0 Å². The molecule has 1 aliphatic heterocycles. The van der Waals surface area contributed by atoms with Gasteiger partial charge in [0.2, 0.25) is 0 Å². The van der Waals surface area contributed by atoms with Crippen LogP contribution in [0.4, 0.5) is 0 Å². The minimum absolute atomic E-state index is 0.399. The lowest BCUT2D eigenvalue weighted by Crippen LogP contribution is -2.25. The third-order valence-corrected chi connectivity index (χ3v) is 3.64. The van der Waals surface area contributed by atoms with E-state index in [2.05, 4.69) is 33.4 Å². The van der Waals surface area contributed by atoms with Crippen LogP contribution in [0, 0.1) is 0 Å². The Labute approximate surface area is 117 Å². The molecule has 1 atom stereocenters. The molecule has 3 nitrogen and oxygen atoms in total. The minimum atomic E-state index is 0.399. The van der Waals surface area contributed by atoms with E-state index in [1.54, 1.807) is 0 Å². The first-order valence-electron chi connectivity index (χ1n) is 6.53. The topological polar surface area (TPSA) is 30.5 Å². The van der Waals surface area contributed by atoms with Crippen LogP contribution in [-0.2, 0) is 11.3 Å². The van der Waals surface area contributed by atoms with Crippen LogP contribution in [0.25, 0.3) is 0 Å². The van der Waals surface area contributed by atoms with Crippen molar-refractivity contribution in [2.75, 3.05) is 19.8 Å². The summed E-state index contributed by atoms with van der Waals surface area (Å²) in [6.07, 6.45) is 2.78. The van der Waals surface area contributed by atoms with Gasteiger partial charge in [0.05, 0.1) is 17.2 Å². The predicted octanol–water partition coefficient (Wildman–Crippen LogP) is 3.12. The van der Waals surface area contributed by atoms with E-state index in [-0.39, 0.29) is 0 Å². The van der Waals surface area contributed by atoms with Gasteiger partial charge in [-0.15, -0.1) is 0 Å². The Hall–Kier alpha value is -0.580. The highest BCUT2D eigenvalue weighted by Crippen LogP contribution is 2.25. The Morgan fingerprint density at radius 1 is 1.50 bits per heavy atom. The third-order valence-electron chi connectivity index (χ3n) is 3.02. The van der Waals surface area contributed by atoms with E-state index in [1.807, 2.05) is 13.0 Å². The lowest BCUT2D eigenvalue weighted by Gasteiger charge is -2.12. The molecule has 0 aromatic heterocycles. The highest BCUT2D eigenvalue weighted by Gasteiger charge is 2.14. The molecule has 1 N–H and O–H groups in total. The summed E-state index contributed by atoms with van der Waals surface area (Å²) in [6, 6.07) is 6.21. The zero-order valence-electron chi connectivity index (χ0n) is 10.7. The molecule has 100 valence electrons. The molecule has 1 saturated heterocycles. The van der Waals surface area contributed by atoms with Gasteiger partial charge in [-0.2, -0.15) is 0 Å². The lowest BCUT2D eigenvalue weighted by molar-refractivity contribution is 0.110. The second kappa shape index (κ2) is 7.12. The molecule has 1 aromatic rings. The third kappa shape index (κ3) is 3.97. The first-order valence-corrected chi connectivity index (χ1v) is 7.32. The summed E-state index contributed by atoms with van der Waals surface area (Å²) in [6.45, 7) is 5.40. The molecule has 0 aliphatic carbocycles. The van der Waals surface area contributed by atoms with Gasteiger partial charge in [0.25, 0.3) is 0 Å². The van der Waals surface area contributed by atoms with E-state index in [4.69, 9.17) is 9.47 Å². The standard InChI is InChI=1S/C14H20BrNO2/c1-2-17-14-6-5-11(8-13(14)15)9-16-10-12-4-3-7-18-12/h5-6,8,12,16H,2-4,7,9-10H2,1H3/t12-/m1/s1. The minimum Gasteiger partial charge on any atom is -0.493 e. The number of halogens is 1. The molecule has 0 spiro atoms. The summed E-state index contributed by atoms with van der Waals surface area (Å²) in [5, 5.41) is 3.44. The number of benzene rings is 1. The van der Waals surface area contributed by atoms with Crippen LogP contribution in [0.3, 0.4) is 0 Å². The van der Waals surface area contributed by atoms with Crippen molar-refractivity contribution >= 4 is 15.9 Å². The summed E-state index contributed by atoms with van der Waals surface area (Å²) in [4.78, 5) is 0. The lowest BCUT2D eigenvalue weighted by atomic mass is 10.2. The average molecular weight is 314 g/mol. The SMILES string of the molecule is CCOc1ccc(CNC[C@H]2CCCO2)cc1Br. The summed E-state index contributed by atoms with van der Waals surface area (Å²) < 4.78 is 12.1. The van der Waals surface area contributed by atoms with E-state index >= 15 is 0 Å². The summed E-state index contributed by atoms with van der Waals surface area (Å²) in [5.41, 5.74) is 1.25. The Bertz CT molecular complexity index is 378. The first kappa shape index (κ1) is 13.8. The molecule has 1 aromatic carbocycles. The maximum absolute atomic E-state index is 5.57. The molecule has 0 saturated carbocycles. The van der Waals surface area contributed by atoms with Gasteiger partial charge >= 0.3 is 0 Å². The van der Waals surface area contributed by atoms with Crippen molar-refractivity contribution in [2.24, 2.45) is 0 Å². The van der Waals surface area contributed by atoms with Crippen molar-refractivity contribution < 1.29 is 9.47 Å². The molecule has 1 aliphatic rings. The van der Waals surface area contributed by atoms with Crippen LogP contribution in [0.5, 0.6) is 5.75 Å². The Morgan fingerprint density at radius 3 is 3.06 bits per heavy atom. The van der Waals surface area contributed by atoms with Gasteiger partial charge in [-0.25, -0.2) is 0 Å². The molecule has 1 heterocycles. The fourth-order valence-corrected chi connectivity index (χ4v) is 2.65. The quantitative estimate of drug-likeness (QED) is 0.875. The van der Waals surface area contributed by atoms with Gasteiger partial charge in [-0.05, 0) is 53.4 Å². The number of ether oxygens (including phenoxy) is 2. The highest BCUT2D eigenvalue weighted by atomic mass is 79.9. The van der Waals surface area contributed by atoms with Crippen molar-refractivity contribution in [3.05, 3.63) is 28.2 Å². The molecule has 0 radical (unpaired) electrons. The number of hydrogen-bond donors (Lipinski definition) is 1. The van der Waals surface area contributed by atoms with Crippen LogP contribution in [0.2, 0.25) is 0 Å². The van der Waals surface area contributed by atoms with Crippen LogP contribution in [0.1, 0.15) is 25.3 Å². The highest BCUT2D eigenvalue weighted by molar-refractivity contribution is 9.10. The molecule has 1 fully saturated rings. The smallest absolute Gasteiger partial charge is 0.133 e. The van der Waals surface area contributed by atoms with Gasteiger partial charge in [-0.3, -0.25) is 0 Å². The zero-order chi connectivity index (χ0) is 12.8. The second-order valence-electron chi connectivity index (χ2n) is 4.46. The van der Waals surface area contributed by atoms with E-state index in [0.29, 0.717) is 12.7 Å². The van der Waals surface area contributed by atoms with Crippen molar-refractivity contribution in [1.82, 2.24) is 5.32 Å². The van der Waals surface area contributed by atoms with Gasteiger partial charge in [-0.1, -0.05) is 6.07 Å². The number of rotatable bonds is 6. The fourth-order valence-electron chi connectivity index (χ4n) is 2.11. The zero-order valence-corrected chi connectivity index (χ0v) is 12.3. The maximum atomic E-state index is 5.57. The van der Waals surface area contributed by atoms with E-state index < -0.39 is 0 Å². The van der Waals surface area contributed by atoms with Crippen LogP contribution in [0.15, 0.2) is 22.7 Å². The summed E-state index contributed by atoms with van der Waals surface area (Å²) in [5.74, 6) is 0.903. The predicted molar refractivity (Wildman–Crippen MR) is 76.0 cm³/mol. The monoisotopic (exact) mass is 313 g/mol. The van der Waals surface area contributed by atoms with Crippen molar-refractivity contribution in [3.63, 3.8) is 0 Å². The van der Waals surface area contributed by atoms with E-state index in [9.17, 15) is 0 Å². The van der Waals surface area contributed by atoms with E-state index in [0.717, 1.165) is 29.9 Å². The van der Waals surface area contributed by atoms with Crippen molar-refractivity contribution in [3.8, 4) is 5.75 Å². The summed E-state index contributed by atoms with van der Waals surface area (Å²) in [7, 11) is 0. The molecule has 4 heteroatoms. The van der Waals surface area contributed by atoms with Crippen LogP contribution in [-0.4, -0.2) is 25.9 Å². The number of nitrogens with one attached hydrogen (secondary N) is 1. The largest absolute Gasteiger partial charge is 0.493 e. The molecule has 0 bridgehead atoms. The average Bonchev–Trinajstić information content (AvgIpc) is 2.86. The molecule has 18 heavy (non-hydrogen) atoms. The van der Waals surface area contributed by atoms with Crippen LogP contribution < -0.4 is 10.1 Å². The van der Waals surface area contributed by atoms with Gasteiger partial charge < -0.3 is 14.8 Å². The normalized spacial score (nSPS) is 19.1. The van der Waals surface area contributed by atoms with Crippen molar-refractivity contribution in [2.45, 2.75) is 32.4 Å². The Kier molecular flexibility index (Phi) is 5.47. The number of hydrogen-bond acceptors (Lipinski definition) is 3. The second-order valence-corrected chi connectivity index (χ2v) is 5.32.